The van der Waals surface area contributed by atoms with Crippen molar-refractivity contribution in [2.45, 2.75) is 6.54 Å². The zero-order valence-corrected chi connectivity index (χ0v) is 8.03. The Labute approximate surface area is 81.9 Å². The smallest absolute Gasteiger partial charge is 0.125 e. The van der Waals surface area contributed by atoms with Crippen LogP contribution in [0.3, 0.4) is 0 Å². The molecule has 0 saturated carbocycles. The molecular formula is C11H12FNO. The van der Waals surface area contributed by atoms with Crippen molar-refractivity contribution in [3.63, 3.8) is 0 Å². The zero-order valence-electron chi connectivity index (χ0n) is 8.03. The fourth-order valence-corrected chi connectivity index (χ4v) is 1.54. The van der Waals surface area contributed by atoms with Crippen LogP contribution in [0.25, 0.3) is 10.9 Å². The van der Waals surface area contributed by atoms with Gasteiger partial charge in [-0.2, -0.15) is 0 Å². The molecule has 0 aliphatic carbocycles. The van der Waals surface area contributed by atoms with Gasteiger partial charge in [-0.15, -0.1) is 0 Å². The summed E-state index contributed by atoms with van der Waals surface area (Å²) in [6, 6.07) is 6.78. The van der Waals surface area contributed by atoms with Crippen molar-refractivity contribution >= 4 is 10.9 Å². The minimum absolute atomic E-state index is 0.199. The highest BCUT2D eigenvalue weighted by Gasteiger charge is 2.01. The van der Waals surface area contributed by atoms with E-state index in [2.05, 4.69) is 0 Å². The summed E-state index contributed by atoms with van der Waals surface area (Å²) < 4.78 is 19.9. The van der Waals surface area contributed by atoms with E-state index >= 15 is 0 Å². The fraction of sp³-hybridized carbons (Fsp3) is 0.273. The minimum Gasteiger partial charge on any atom is -0.383 e. The first kappa shape index (κ1) is 9.21. The molecule has 0 fully saturated rings. The van der Waals surface area contributed by atoms with Gasteiger partial charge in [0.15, 0.2) is 0 Å². The number of fused-ring (bicyclic) bond motifs is 1. The van der Waals surface area contributed by atoms with E-state index in [1.165, 1.54) is 6.07 Å². The zero-order chi connectivity index (χ0) is 9.97. The van der Waals surface area contributed by atoms with E-state index in [1.54, 1.807) is 19.2 Å². The summed E-state index contributed by atoms with van der Waals surface area (Å²) in [4.78, 5) is 0. The quantitative estimate of drug-likeness (QED) is 0.730. The molecule has 0 amide bonds. The number of halogens is 1. The topological polar surface area (TPSA) is 14.2 Å². The third-order valence-corrected chi connectivity index (χ3v) is 2.27. The van der Waals surface area contributed by atoms with Crippen molar-refractivity contribution in [2.75, 3.05) is 13.7 Å². The van der Waals surface area contributed by atoms with Crippen LogP contribution in [0.1, 0.15) is 0 Å². The fourth-order valence-electron chi connectivity index (χ4n) is 1.54. The van der Waals surface area contributed by atoms with Gasteiger partial charge in [-0.05, 0) is 29.7 Å². The maximum Gasteiger partial charge on any atom is 0.125 e. The van der Waals surface area contributed by atoms with Gasteiger partial charge < -0.3 is 9.30 Å². The predicted octanol–water partition coefficient (Wildman–Crippen LogP) is 2.43. The van der Waals surface area contributed by atoms with Crippen molar-refractivity contribution < 1.29 is 9.13 Å². The molecule has 0 radical (unpaired) electrons. The van der Waals surface area contributed by atoms with Crippen LogP contribution < -0.4 is 0 Å². The summed E-state index contributed by atoms with van der Waals surface area (Å²) in [5, 5.41) is 1.06. The third-order valence-electron chi connectivity index (χ3n) is 2.27. The molecule has 1 heterocycles. The van der Waals surface area contributed by atoms with Crippen molar-refractivity contribution in [3.8, 4) is 0 Å². The molecule has 2 aromatic rings. The summed E-state index contributed by atoms with van der Waals surface area (Å²) in [6.45, 7) is 1.39. The first-order valence-corrected chi connectivity index (χ1v) is 4.54. The summed E-state index contributed by atoms with van der Waals surface area (Å²) in [7, 11) is 1.66. The van der Waals surface area contributed by atoms with Gasteiger partial charge in [-0.25, -0.2) is 4.39 Å². The molecule has 0 unspecified atom stereocenters. The molecule has 2 rings (SSSR count). The average molecular weight is 193 g/mol. The molecule has 0 aliphatic heterocycles. The standard InChI is InChI=1S/C11H12FNO/c1-14-7-6-13-5-4-9-2-3-10(12)8-11(9)13/h2-5,8H,6-7H2,1H3. The van der Waals surface area contributed by atoms with E-state index in [9.17, 15) is 4.39 Å². The van der Waals surface area contributed by atoms with E-state index in [0.717, 1.165) is 17.4 Å². The first-order valence-electron chi connectivity index (χ1n) is 4.54. The van der Waals surface area contributed by atoms with Crippen LogP contribution in [-0.2, 0) is 11.3 Å². The van der Waals surface area contributed by atoms with Crippen LogP contribution in [0, 0.1) is 5.82 Å². The van der Waals surface area contributed by atoms with Crippen LogP contribution in [0.4, 0.5) is 4.39 Å². The number of ether oxygens (including phenoxy) is 1. The second-order valence-corrected chi connectivity index (χ2v) is 3.21. The lowest BCUT2D eigenvalue weighted by Gasteiger charge is -2.03. The molecule has 0 atom stereocenters. The number of benzene rings is 1. The lowest BCUT2D eigenvalue weighted by atomic mass is 10.2. The van der Waals surface area contributed by atoms with Gasteiger partial charge >= 0.3 is 0 Å². The van der Waals surface area contributed by atoms with Gasteiger partial charge in [0.25, 0.3) is 0 Å². The number of rotatable bonds is 3. The van der Waals surface area contributed by atoms with Gasteiger partial charge in [0, 0.05) is 19.9 Å². The maximum absolute atomic E-state index is 13.0. The highest BCUT2D eigenvalue weighted by Crippen LogP contribution is 2.16. The van der Waals surface area contributed by atoms with Crippen LogP contribution in [-0.4, -0.2) is 18.3 Å². The normalized spacial score (nSPS) is 11.0. The Morgan fingerprint density at radius 2 is 2.21 bits per heavy atom. The molecule has 0 bridgehead atoms. The van der Waals surface area contributed by atoms with Crippen molar-refractivity contribution in [2.24, 2.45) is 0 Å². The Morgan fingerprint density at radius 3 is 3.00 bits per heavy atom. The van der Waals surface area contributed by atoms with Gasteiger partial charge in [-0.1, -0.05) is 0 Å². The molecule has 0 aliphatic rings. The largest absolute Gasteiger partial charge is 0.383 e. The molecule has 1 aromatic heterocycles. The Kier molecular flexibility index (Phi) is 2.50. The van der Waals surface area contributed by atoms with Crippen LogP contribution >= 0.6 is 0 Å². The molecular weight excluding hydrogens is 181 g/mol. The van der Waals surface area contributed by atoms with Gasteiger partial charge in [0.2, 0.25) is 0 Å². The van der Waals surface area contributed by atoms with E-state index in [0.29, 0.717) is 6.61 Å². The number of hydrogen-bond acceptors (Lipinski definition) is 1. The Hall–Kier alpha value is -1.35. The third kappa shape index (κ3) is 1.63. The van der Waals surface area contributed by atoms with Crippen LogP contribution in [0.15, 0.2) is 30.5 Å². The van der Waals surface area contributed by atoms with E-state index in [4.69, 9.17) is 4.74 Å². The molecule has 74 valence electrons. The molecule has 14 heavy (non-hydrogen) atoms. The summed E-state index contributed by atoms with van der Waals surface area (Å²) >= 11 is 0. The number of methoxy groups -OCH3 is 1. The first-order chi connectivity index (χ1) is 6.81. The molecule has 0 N–H and O–H groups in total. The van der Waals surface area contributed by atoms with Crippen LogP contribution in [0.5, 0.6) is 0 Å². The molecule has 0 saturated heterocycles. The Bertz CT molecular complexity index is 436. The lowest BCUT2D eigenvalue weighted by molar-refractivity contribution is 0.188. The number of hydrogen-bond donors (Lipinski definition) is 0. The molecule has 3 heteroatoms. The Balaban J connectivity index is 2.40. The van der Waals surface area contributed by atoms with E-state index < -0.39 is 0 Å². The highest BCUT2D eigenvalue weighted by atomic mass is 19.1. The van der Waals surface area contributed by atoms with Gasteiger partial charge in [0.05, 0.1) is 12.1 Å². The van der Waals surface area contributed by atoms with Crippen molar-refractivity contribution in [1.29, 1.82) is 0 Å². The summed E-state index contributed by atoms with van der Waals surface area (Å²) in [5.74, 6) is -0.199. The second kappa shape index (κ2) is 3.80. The average Bonchev–Trinajstić information content (AvgIpc) is 2.57. The molecule has 1 aromatic carbocycles. The van der Waals surface area contributed by atoms with Gasteiger partial charge in [0.1, 0.15) is 5.82 Å². The van der Waals surface area contributed by atoms with Gasteiger partial charge in [-0.3, -0.25) is 0 Å². The van der Waals surface area contributed by atoms with Crippen LogP contribution in [0.2, 0.25) is 0 Å². The monoisotopic (exact) mass is 193 g/mol. The SMILES string of the molecule is COCCn1ccc2ccc(F)cc21. The summed E-state index contributed by atoms with van der Waals surface area (Å²) in [6.07, 6.45) is 1.95. The second-order valence-electron chi connectivity index (χ2n) is 3.21. The van der Waals surface area contributed by atoms with E-state index in [1.807, 2.05) is 16.8 Å². The molecule has 0 spiro atoms. The number of nitrogens with zero attached hydrogens (tertiary/aromatic N) is 1. The van der Waals surface area contributed by atoms with Crippen molar-refractivity contribution in [3.05, 3.63) is 36.3 Å². The minimum atomic E-state index is -0.199. The van der Waals surface area contributed by atoms with Crippen molar-refractivity contribution in [1.82, 2.24) is 4.57 Å². The Morgan fingerprint density at radius 1 is 1.36 bits per heavy atom. The number of aromatic nitrogens is 1. The van der Waals surface area contributed by atoms with E-state index in [-0.39, 0.29) is 5.82 Å². The molecule has 2 nitrogen and oxygen atoms in total. The highest BCUT2D eigenvalue weighted by molar-refractivity contribution is 5.80. The lowest BCUT2D eigenvalue weighted by Crippen LogP contribution is -2.02. The summed E-state index contributed by atoms with van der Waals surface area (Å²) in [5.41, 5.74) is 0.919. The predicted molar refractivity (Wildman–Crippen MR) is 53.8 cm³/mol. The maximum atomic E-state index is 13.0.